The van der Waals surface area contributed by atoms with Gasteiger partial charge >= 0.3 is 0 Å². The Labute approximate surface area is 156 Å². The van der Waals surface area contributed by atoms with E-state index in [1.54, 1.807) is 36.5 Å². The number of nitrogens with one attached hydrogen (secondary N) is 2. The number of aromatic nitrogens is 1. The molecule has 3 rings (SSSR count). The zero-order valence-electron chi connectivity index (χ0n) is 14.1. The third kappa shape index (κ3) is 4.37. The van der Waals surface area contributed by atoms with Crippen molar-refractivity contribution in [2.45, 2.75) is 13.5 Å². The fraction of sp³-hybridized carbons (Fsp3) is 0.100. The van der Waals surface area contributed by atoms with E-state index in [2.05, 4.69) is 15.6 Å². The number of hydrogen-bond acceptors (Lipinski definition) is 3. The van der Waals surface area contributed by atoms with Crippen LogP contribution in [0.15, 0.2) is 60.9 Å². The highest BCUT2D eigenvalue weighted by atomic mass is 35.5. The van der Waals surface area contributed by atoms with Gasteiger partial charge in [-0.2, -0.15) is 0 Å². The third-order valence-corrected chi connectivity index (χ3v) is 4.10. The lowest BCUT2D eigenvalue weighted by atomic mass is 10.2. The summed E-state index contributed by atoms with van der Waals surface area (Å²) in [7, 11) is 0. The first kappa shape index (κ1) is 17.9. The van der Waals surface area contributed by atoms with E-state index in [0.29, 0.717) is 21.8 Å². The van der Waals surface area contributed by atoms with Crippen LogP contribution in [0.25, 0.3) is 0 Å². The molecule has 26 heavy (non-hydrogen) atoms. The highest BCUT2D eigenvalue weighted by molar-refractivity contribution is 6.30. The van der Waals surface area contributed by atoms with Gasteiger partial charge in [0.05, 0.1) is 17.4 Å². The molecule has 4 nitrogen and oxygen atoms in total. The molecule has 0 bridgehead atoms. The van der Waals surface area contributed by atoms with E-state index in [1.165, 1.54) is 12.3 Å². The van der Waals surface area contributed by atoms with Crippen molar-refractivity contribution in [1.82, 2.24) is 10.3 Å². The lowest BCUT2D eigenvalue weighted by Crippen LogP contribution is -2.23. The van der Waals surface area contributed by atoms with E-state index in [-0.39, 0.29) is 18.3 Å². The Morgan fingerprint density at radius 1 is 1.15 bits per heavy atom. The van der Waals surface area contributed by atoms with Gasteiger partial charge in [-0.15, -0.1) is 0 Å². The zero-order chi connectivity index (χ0) is 18.5. The topological polar surface area (TPSA) is 54.0 Å². The zero-order valence-corrected chi connectivity index (χ0v) is 14.8. The van der Waals surface area contributed by atoms with Crippen molar-refractivity contribution in [3.8, 4) is 0 Å². The van der Waals surface area contributed by atoms with E-state index in [1.807, 2.05) is 19.1 Å². The van der Waals surface area contributed by atoms with Crippen LogP contribution in [0.5, 0.6) is 0 Å². The fourth-order valence-corrected chi connectivity index (χ4v) is 2.70. The number of pyridine rings is 1. The van der Waals surface area contributed by atoms with Crippen molar-refractivity contribution >= 4 is 28.9 Å². The number of aryl methyl sites for hydroxylation is 1. The number of nitrogens with zero attached hydrogens (tertiary/aromatic N) is 1. The Morgan fingerprint density at radius 2 is 1.96 bits per heavy atom. The SMILES string of the molecule is Cc1cc(Cl)ccc1Nc1cncc(C(=O)NCc2ccccc2F)c1. The van der Waals surface area contributed by atoms with Gasteiger partial charge in [-0.3, -0.25) is 9.78 Å². The quantitative estimate of drug-likeness (QED) is 0.675. The molecule has 2 N–H and O–H groups in total. The molecule has 1 amide bonds. The number of anilines is 2. The summed E-state index contributed by atoms with van der Waals surface area (Å²) < 4.78 is 13.6. The minimum atomic E-state index is -0.348. The van der Waals surface area contributed by atoms with Crippen molar-refractivity contribution in [3.05, 3.63) is 88.5 Å². The molecule has 0 aliphatic heterocycles. The number of halogens is 2. The number of benzene rings is 2. The molecule has 132 valence electrons. The van der Waals surface area contributed by atoms with Crippen molar-refractivity contribution in [3.63, 3.8) is 0 Å². The predicted molar refractivity (Wildman–Crippen MR) is 101 cm³/mol. The van der Waals surface area contributed by atoms with E-state index < -0.39 is 0 Å². The van der Waals surface area contributed by atoms with Crippen LogP contribution in [0.3, 0.4) is 0 Å². The molecule has 1 heterocycles. The number of rotatable bonds is 5. The summed E-state index contributed by atoms with van der Waals surface area (Å²) in [6, 6.07) is 13.5. The van der Waals surface area contributed by atoms with Crippen LogP contribution in [-0.2, 0) is 6.54 Å². The van der Waals surface area contributed by atoms with Crippen LogP contribution >= 0.6 is 11.6 Å². The highest BCUT2D eigenvalue weighted by Crippen LogP contribution is 2.23. The van der Waals surface area contributed by atoms with Crippen LogP contribution in [0, 0.1) is 12.7 Å². The number of amides is 1. The maximum absolute atomic E-state index is 13.6. The molecule has 2 aromatic carbocycles. The fourth-order valence-electron chi connectivity index (χ4n) is 2.47. The largest absolute Gasteiger partial charge is 0.354 e. The average Bonchev–Trinajstić information content (AvgIpc) is 2.63. The summed E-state index contributed by atoms with van der Waals surface area (Å²) in [4.78, 5) is 16.4. The van der Waals surface area contributed by atoms with Gasteiger partial charge in [-0.25, -0.2) is 4.39 Å². The van der Waals surface area contributed by atoms with Crippen molar-refractivity contribution in [2.75, 3.05) is 5.32 Å². The first-order chi connectivity index (χ1) is 12.5. The monoisotopic (exact) mass is 369 g/mol. The van der Waals surface area contributed by atoms with E-state index in [0.717, 1.165) is 11.3 Å². The van der Waals surface area contributed by atoms with Gasteiger partial charge in [0.2, 0.25) is 0 Å². The predicted octanol–water partition coefficient (Wildman–Crippen LogP) is 4.86. The van der Waals surface area contributed by atoms with Crippen LogP contribution < -0.4 is 10.6 Å². The van der Waals surface area contributed by atoms with Crippen molar-refractivity contribution < 1.29 is 9.18 Å². The van der Waals surface area contributed by atoms with Gasteiger partial charge in [0.15, 0.2) is 0 Å². The Morgan fingerprint density at radius 3 is 2.73 bits per heavy atom. The molecule has 0 spiro atoms. The lowest BCUT2D eigenvalue weighted by Gasteiger charge is -2.11. The van der Waals surface area contributed by atoms with E-state index in [4.69, 9.17) is 11.6 Å². The molecule has 1 aromatic heterocycles. The summed E-state index contributed by atoms with van der Waals surface area (Å²) in [5, 5.41) is 6.58. The number of carbonyl (C=O) groups is 1. The summed E-state index contributed by atoms with van der Waals surface area (Å²) in [5.74, 6) is -0.670. The summed E-state index contributed by atoms with van der Waals surface area (Å²) in [6.45, 7) is 2.05. The molecule has 0 saturated carbocycles. The molecule has 0 unspecified atom stereocenters. The second-order valence-electron chi connectivity index (χ2n) is 5.82. The lowest BCUT2D eigenvalue weighted by molar-refractivity contribution is 0.0950. The molecular formula is C20H17ClFN3O. The van der Waals surface area contributed by atoms with Gasteiger partial charge in [0.25, 0.3) is 5.91 Å². The van der Waals surface area contributed by atoms with Crippen LogP contribution in [-0.4, -0.2) is 10.9 Å². The van der Waals surface area contributed by atoms with E-state index in [9.17, 15) is 9.18 Å². The van der Waals surface area contributed by atoms with Gasteiger partial charge in [0.1, 0.15) is 5.82 Å². The molecule has 0 fully saturated rings. The Hall–Kier alpha value is -2.92. The maximum atomic E-state index is 13.6. The number of carbonyl (C=O) groups excluding carboxylic acids is 1. The molecule has 0 radical (unpaired) electrons. The van der Waals surface area contributed by atoms with Crippen LogP contribution in [0.4, 0.5) is 15.8 Å². The molecule has 0 atom stereocenters. The third-order valence-electron chi connectivity index (χ3n) is 3.87. The second kappa shape index (κ2) is 7.97. The highest BCUT2D eigenvalue weighted by Gasteiger charge is 2.09. The minimum Gasteiger partial charge on any atom is -0.354 e. The van der Waals surface area contributed by atoms with Gasteiger partial charge in [0, 0.05) is 29.0 Å². The summed E-state index contributed by atoms with van der Waals surface area (Å²) in [5.41, 5.74) is 3.35. The average molecular weight is 370 g/mol. The molecular weight excluding hydrogens is 353 g/mol. The van der Waals surface area contributed by atoms with Crippen LogP contribution in [0.2, 0.25) is 5.02 Å². The van der Waals surface area contributed by atoms with Crippen molar-refractivity contribution in [2.24, 2.45) is 0 Å². The van der Waals surface area contributed by atoms with Gasteiger partial charge in [-0.05, 0) is 42.8 Å². The Bertz CT molecular complexity index is 946. The Balaban J connectivity index is 1.70. The summed E-state index contributed by atoms with van der Waals surface area (Å²) >= 11 is 5.96. The van der Waals surface area contributed by atoms with Gasteiger partial charge in [-0.1, -0.05) is 29.8 Å². The smallest absolute Gasteiger partial charge is 0.253 e. The normalized spacial score (nSPS) is 10.4. The standard InChI is InChI=1S/C20H17ClFN3O/c1-13-8-16(21)6-7-19(13)25-17-9-15(10-23-12-17)20(26)24-11-14-4-2-3-5-18(14)22/h2-10,12,25H,11H2,1H3,(H,24,26). The number of hydrogen-bond donors (Lipinski definition) is 2. The molecule has 0 aliphatic rings. The molecule has 0 saturated heterocycles. The Kier molecular flexibility index (Phi) is 5.49. The molecule has 3 aromatic rings. The van der Waals surface area contributed by atoms with Crippen LogP contribution in [0.1, 0.15) is 21.5 Å². The second-order valence-corrected chi connectivity index (χ2v) is 6.26. The van der Waals surface area contributed by atoms with Gasteiger partial charge < -0.3 is 10.6 Å². The van der Waals surface area contributed by atoms with Crippen molar-refractivity contribution in [1.29, 1.82) is 0 Å². The maximum Gasteiger partial charge on any atom is 0.253 e. The van der Waals surface area contributed by atoms with E-state index >= 15 is 0 Å². The minimum absolute atomic E-state index is 0.111. The summed E-state index contributed by atoms with van der Waals surface area (Å²) in [6.07, 6.45) is 3.10. The molecule has 0 aliphatic carbocycles. The first-order valence-corrected chi connectivity index (χ1v) is 8.40. The molecule has 6 heteroatoms. The first-order valence-electron chi connectivity index (χ1n) is 8.03.